The number of hydrogen-bond donors (Lipinski definition) is 3. The number of nitrogens with one attached hydrogen (secondary N) is 2. The van der Waals surface area contributed by atoms with E-state index in [2.05, 4.69) is 23.3 Å². The predicted octanol–water partition coefficient (Wildman–Crippen LogP) is 0.563. The van der Waals surface area contributed by atoms with Crippen LogP contribution in [-0.2, 0) is 4.79 Å². The van der Waals surface area contributed by atoms with Crippen LogP contribution in [0.1, 0.15) is 26.2 Å². The molecular formula is C9H18N2OS. The summed E-state index contributed by atoms with van der Waals surface area (Å²) in [4.78, 5) is 11.1. The number of rotatable bonds is 4. The molecule has 76 valence electrons. The van der Waals surface area contributed by atoms with Crippen molar-refractivity contribution < 1.29 is 4.79 Å². The van der Waals surface area contributed by atoms with Gasteiger partial charge in [0.25, 0.3) is 0 Å². The van der Waals surface area contributed by atoms with Crippen molar-refractivity contribution in [1.29, 1.82) is 0 Å². The molecule has 0 unspecified atom stereocenters. The van der Waals surface area contributed by atoms with Crippen molar-refractivity contribution in [3.8, 4) is 0 Å². The maximum absolute atomic E-state index is 11.1. The molecule has 1 saturated heterocycles. The minimum Gasteiger partial charge on any atom is -0.354 e. The second kappa shape index (κ2) is 5.50. The molecule has 1 aliphatic heterocycles. The van der Waals surface area contributed by atoms with Gasteiger partial charge in [-0.15, -0.1) is 0 Å². The lowest BCUT2D eigenvalue weighted by Crippen LogP contribution is -2.40. The number of thiol groups is 1. The van der Waals surface area contributed by atoms with Crippen LogP contribution in [0.3, 0.4) is 0 Å². The second-order valence-electron chi connectivity index (χ2n) is 3.47. The number of carbonyl (C=O) groups excluding carboxylic acids is 1. The Morgan fingerprint density at radius 2 is 2.46 bits per heavy atom. The summed E-state index contributed by atoms with van der Waals surface area (Å²) in [5.41, 5.74) is 0. The fraction of sp³-hybridized carbons (Fsp3) is 0.889. The highest BCUT2D eigenvalue weighted by molar-refractivity contribution is 7.81. The lowest BCUT2D eigenvalue weighted by molar-refractivity contribution is -0.121. The van der Waals surface area contributed by atoms with Gasteiger partial charge in [-0.05, 0) is 19.4 Å². The predicted molar refractivity (Wildman–Crippen MR) is 57.1 cm³/mol. The summed E-state index contributed by atoms with van der Waals surface area (Å²) in [6.07, 6.45) is 2.63. The molecule has 0 bridgehead atoms. The molecule has 13 heavy (non-hydrogen) atoms. The molecule has 0 aromatic rings. The summed E-state index contributed by atoms with van der Waals surface area (Å²) >= 11 is 4.43. The first-order chi connectivity index (χ1) is 6.24. The lowest BCUT2D eigenvalue weighted by atomic mass is 10.2. The fourth-order valence-corrected chi connectivity index (χ4v) is 1.84. The molecule has 1 aliphatic rings. The standard InChI is InChI=1S/C9H18N2OS/c1-2-3-9(12)11-6-7-8(13)4-5-10-7/h7-8,10,13H,2-6H2,1H3,(H,11,12)/t7-,8-/m0/s1. The van der Waals surface area contributed by atoms with E-state index in [1.807, 2.05) is 6.92 Å². The Labute approximate surface area is 85.1 Å². The molecule has 1 heterocycles. The van der Waals surface area contributed by atoms with E-state index in [9.17, 15) is 4.79 Å². The summed E-state index contributed by atoms with van der Waals surface area (Å²) in [7, 11) is 0. The third kappa shape index (κ3) is 3.56. The number of amides is 1. The normalized spacial score (nSPS) is 27.5. The van der Waals surface area contributed by atoms with E-state index < -0.39 is 0 Å². The first-order valence-electron chi connectivity index (χ1n) is 4.92. The molecule has 0 saturated carbocycles. The Kier molecular flexibility index (Phi) is 4.59. The first kappa shape index (κ1) is 10.9. The molecule has 4 heteroatoms. The van der Waals surface area contributed by atoms with Crippen LogP contribution in [0.25, 0.3) is 0 Å². The van der Waals surface area contributed by atoms with Gasteiger partial charge in [0.15, 0.2) is 0 Å². The Bertz CT molecular complexity index is 175. The summed E-state index contributed by atoms with van der Waals surface area (Å²) in [6.45, 7) is 3.74. The van der Waals surface area contributed by atoms with Crippen LogP contribution >= 0.6 is 12.6 Å². The van der Waals surface area contributed by atoms with Crippen molar-refractivity contribution in [1.82, 2.24) is 10.6 Å². The van der Waals surface area contributed by atoms with Crippen molar-refractivity contribution >= 4 is 18.5 Å². The SMILES string of the molecule is CCCC(=O)NC[C@@H]1NCC[C@@H]1S. The topological polar surface area (TPSA) is 41.1 Å². The Morgan fingerprint density at radius 1 is 1.69 bits per heavy atom. The van der Waals surface area contributed by atoms with Gasteiger partial charge in [-0.3, -0.25) is 4.79 Å². The van der Waals surface area contributed by atoms with E-state index in [0.29, 0.717) is 24.3 Å². The monoisotopic (exact) mass is 202 g/mol. The minimum absolute atomic E-state index is 0.150. The van der Waals surface area contributed by atoms with Crippen molar-refractivity contribution in [2.24, 2.45) is 0 Å². The van der Waals surface area contributed by atoms with E-state index >= 15 is 0 Å². The second-order valence-corrected chi connectivity index (χ2v) is 4.13. The molecule has 0 aromatic heterocycles. The van der Waals surface area contributed by atoms with E-state index in [1.165, 1.54) is 0 Å². The molecule has 2 N–H and O–H groups in total. The maximum Gasteiger partial charge on any atom is 0.220 e. The van der Waals surface area contributed by atoms with Crippen LogP contribution in [0.15, 0.2) is 0 Å². The van der Waals surface area contributed by atoms with Gasteiger partial charge < -0.3 is 10.6 Å². The average Bonchev–Trinajstić information content (AvgIpc) is 2.48. The summed E-state index contributed by atoms with van der Waals surface area (Å²) in [6, 6.07) is 0.351. The maximum atomic E-state index is 11.1. The Balaban J connectivity index is 2.14. The lowest BCUT2D eigenvalue weighted by Gasteiger charge is -2.15. The van der Waals surface area contributed by atoms with Crippen molar-refractivity contribution in [2.45, 2.75) is 37.5 Å². The number of hydrogen-bond acceptors (Lipinski definition) is 3. The molecule has 0 aromatic carbocycles. The Hall–Kier alpha value is -0.220. The van der Waals surface area contributed by atoms with Gasteiger partial charge in [0.1, 0.15) is 0 Å². The van der Waals surface area contributed by atoms with Crippen LogP contribution in [0.5, 0.6) is 0 Å². The summed E-state index contributed by atoms with van der Waals surface area (Å²) < 4.78 is 0. The zero-order chi connectivity index (χ0) is 9.68. The molecule has 1 rings (SSSR count). The molecule has 1 amide bonds. The van der Waals surface area contributed by atoms with Crippen LogP contribution in [0, 0.1) is 0 Å². The van der Waals surface area contributed by atoms with Crippen LogP contribution in [-0.4, -0.2) is 30.3 Å². The third-order valence-corrected chi connectivity index (χ3v) is 2.93. The van der Waals surface area contributed by atoms with Gasteiger partial charge in [-0.25, -0.2) is 0 Å². The molecule has 3 nitrogen and oxygen atoms in total. The summed E-state index contributed by atoms with van der Waals surface area (Å²) in [5.74, 6) is 0.150. The molecule has 0 aliphatic carbocycles. The van der Waals surface area contributed by atoms with Crippen LogP contribution in [0.2, 0.25) is 0 Å². The molecule has 1 fully saturated rings. The van der Waals surface area contributed by atoms with E-state index in [-0.39, 0.29) is 5.91 Å². The molecular weight excluding hydrogens is 184 g/mol. The van der Waals surface area contributed by atoms with E-state index in [4.69, 9.17) is 0 Å². The van der Waals surface area contributed by atoms with Crippen LogP contribution in [0.4, 0.5) is 0 Å². The summed E-state index contributed by atoms with van der Waals surface area (Å²) in [5, 5.41) is 6.61. The Morgan fingerprint density at radius 3 is 3.00 bits per heavy atom. The highest BCUT2D eigenvalue weighted by atomic mass is 32.1. The molecule has 0 radical (unpaired) electrons. The van der Waals surface area contributed by atoms with Gasteiger partial charge in [0.2, 0.25) is 5.91 Å². The van der Waals surface area contributed by atoms with Gasteiger partial charge in [0, 0.05) is 24.3 Å². The average molecular weight is 202 g/mol. The zero-order valence-corrected chi connectivity index (χ0v) is 8.94. The van der Waals surface area contributed by atoms with Crippen LogP contribution < -0.4 is 10.6 Å². The first-order valence-corrected chi connectivity index (χ1v) is 5.43. The molecule has 2 atom stereocenters. The zero-order valence-electron chi connectivity index (χ0n) is 8.05. The van der Waals surface area contributed by atoms with Gasteiger partial charge in [-0.1, -0.05) is 6.92 Å². The molecule has 0 spiro atoms. The van der Waals surface area contributed by atoms with Gasteiger partial charge in [0.05, 0.1) is 0 Å². The fourth-order valence-electron chi connectivity index (χ4n) is 1.50. The highest BCUT2D eigenvalue weighted by Gasteiger charge is 2.23. The van der Waals surface area contributed by atoms with E-state index in [1.54, 1.807) is 0 Å². The quantitative estimate of drug-likeness (QED) is 0.583. The van der Waals surface area contributed by atoms with Crippen molar-refractivity contribution in [3.63, 3.8) is 0 Å². The van der Waals surface area contributed by atoms with Gasteiger partial charge >= 0.3 is 0 Å². The largest absolute Gasteiger partial charge is 0.354 e. The van der Waals surface area contributed by atoms with E-state index in [0.717, 1.165) is 19.4 Å². The van der Waals surface area contributed by atoms with Crippen molar-refractivity contribution in [3.05, 3.63) is 0 Å². The smallest absolute Gasteiger partial charge is 0.220 e. The van der Waals surface area contributed by atoms with Gasteiger partial charge in [-0.2, -0.15) is 12.6 Å². The highest BCUT2D eigenvalue weighted by Crippen LogP contribution is 2.12. The van der Waals surface area contributed by atoms with Crippen molar-refractivity contribution in [2.75, 3.05) is 13.1 Å². The third-order valence-electron chi connectivity index (χ3n) is 2.31. The minimum atomic E-state index is 0.150. The number of carbonyl (C=O) groups is 1.